The van der Waals surface area contributed by atoms with Crippen LogP contribution in [0, 0.1) is 0 Å². The van der Waals surface area contributed by atoms with Crippen LogP contribution in [-0.2, 0) is 6.54 Å². The normalized spacial score (nSPS) is 11.9. The number of nitrogens with zero attached hydrogens (tertiary/aromatic N) is 1. The summed E-state index contributed by atoms with van der Waals surface area (Å²) in [5.41, 5.74) is 1.42. The Bertz CT molecular complexity index is 376. The molecule has 0 N–H and O–H groups in total. The van der Waals surface area contributed by atoms with E-state index in [0.29, 0.717) is 0 Å². The lowest BCUT2D eigenvalue weighted by atomic mass is 9.99. The Kier molecular flexibility index (Phi) is 5.02. The van der Waals surface area contributed by atoms with Crippen molar-refractivity contribution < 1.29 is 4.74 Å². The molecule has 0 aromatic heterocycles. The van der Waals surface area contributed by atoms with E-state index in [4.69, 9.17) is 4.74 Å². The van der Waals surface area contributed by atoms with E-state index >= 15 is 0 Å². The summed E-state index contributed by atoms with van der Waals surface area (Å²) >= 11 is 3.51. The van der Waals surface area contributed by atoms with Crippen molar-refractivity contribution in [2.24, 2.45) is 0 Å². The number of methoxy groups -OCH3 is 1. The van der Waals surface area contributed by atoms with Crippen LogP contribution in [0.25, 0.3) is 0 Å². The minimum atomic E-state index is 0.202. The third kappa shape index (κ3) is 3.71. The number of ether oxygens (including phenoxy) is 1. The predicted octanol–water partition coefficient (Wildman–Crippen LogP) is 4.08. The van der Waals surface area contributed by atoms with Gasteiger partial charge in [-0.2, -0.15) is 0 Å². The number of benzene rings is 1. The average molecular weight is 300 g/mol. The van der Waals surface area contributed by atoms with Crippen molar-refractivity contribution in [1.82, 2.24) is 4.90 Å². The van der Waals surface area contributed by atoms with Crippen molar-refractivity contribution in [2.45, 2.75) is 39.3 Å². The first kappa shape index (κ1) is 14.5. The molecule has 0 aliphatic carbocycles. The molecule has 0 spiro atoms. The smallest absolute Gasteiger partial charge is 0.123 e. The summed E-state index contributed by atoms with van der Waals surface area (Å²) in [5, 5.41) is 0. The summed E-state index contributed by atoms with van der Waals surface area (Å²) in [4.78, 5) is 2.36. The molecule has 1 rings (SSSR count). The maximum atomic E-state index is 5.40. The Balaban J connectivity index is 2.91. The van der Waals surface area contributed by atoms with Crippen LogP contribution in [0.5, 0.6) is 5.75 Å². The standard InChI is InChI=1S/C14H22BrNO/c1-6-14(2,3)16(4)10-11-9-12(15)7-8-13(11)17-5/h7-9H,6,10H2,1-5H3. The van der Waals surface area contributed by atoms with Gasteiger partial charge < -0.3 is 4.74 Å². The highest BCUT2D eigenvalue weighted by molar-refractivity contribution is 9.10. The SMILES string of the molecule is CCC(C)(C)N(C)Cc1cc(Br)ccc1OC. The first-order valence-corrected chi connectivity index (χ1v) is 6.73. The molecular weight excluding hydrogens is 278 g/mol. The van der Waals surface area contributed by atoms with Crippen LogP contribution < -0.4 is 4.74 Å². The third-order valence-corrected chi connectivity index (χ3v) is 4.04. The van der Waals surface area contributed by atoms with E-state index in [0.717, 1.165) is 23.2 Å². The largest absolute Gasteiger partial charge is 0.496 e. The van der Waals surface area contributed by atoms with Gasteiger partial charge in [-0.3, -0.25) is 4.90 Å². The van der Waals surface area contributed by atoms with Gasteiger partial charge in [0, 0.05) is 22.1 Å². The second kappa shape index (κ2) is 5.87. The van der Waals surface area contributed by atoms with Gasteiger partial charge in [0.15, 0.2) is 0 Å². The predicted molar refractivity (Wildman–Crippen MR) is 76.5 cm³/mol. The summed E-state index contributed by atoms with van der Waals surface area (Å²) in [5.74, 6) is 0.951. The van der Waals surface area contributed by atoms with Crippen LogP contribution in [-0.4, -0.2) is 24.6 Å². The van der Waals surface area contributed by atoms with E-state index in [9.17, 15) is 0 Å². The topological polar surface area (TPSA) is 12.5 Å². The molecule has 0 heterocycles. The maximum Gasteiger partial charge on any atom is 0.123 e. The Morgan fingerprint density at radius 3 is 2.53 bits per heavy atom. The molecule has 17 heavy (non-hydrogen) atoms. The van der Waals surface area contributed by atoms with E-state index in [1.807, 2.05) is 12.1 Å². The Morgan fingerprint density at radius 2 is 2.00 bits per heavy atom. The van der Waals surface area contributed by atoms with E-state index < -0.39 is 0 Å². The van der Waals surface area contributed by atoms with Gasteiger partial charge in [-0.25, -0.2) is 0 Å². The van der Waals surface area contributed by atoms with Crippen LogP contribution >= 0.6 is 15.9 Å². The van der Waals surface area contributed by atoms with Gasteiger partial charge in [-0.1, -0.05) is 22.9 Å². The lowest BCUT2D eigenvalue weighted by molar-refractivity contribution is 0.141. The van der Waals surface area contributed by atoms with Gasteiger partial charge in [0.25, 0.3) is 0 Å². The van der Waals surface area contributed by atoms with E-state index in [-0.39, 0.29) is 5.54 Å². The van der Waals surface area contributed by atoms with Gasteiger partial charge in [-0.15, -0.1) is 0 Å². The highest BCUT2D eigenvalue weighted by Crippen LogP contribution is 2.27. The summed E-state index contributed by atoms with van der Waals surface area (Å²) in [6.45, 7) is 7.63. The fourth-order valence-electron chi connectivity index (χ4n) is 1.61. The monoisotopic (exact) mass is 299 g/mol. The number of halogens is 1. The molecule has 0 saturated heterocycles. The molecule has 1 aromatic carbocycles. The molecule has 1 aromatic rings. The minimum Gasteiger partial charge on any atom is -0.496 e. The van der Waals surface area contributed by atoms with Gasteiger partial charge in [-0.05, 0) is 45.5 Å². The second-order valence-electron chi connectivity index (χ2n) is 4.98. The first-order valence-electron chi connectivity index (χ1n) is 5.94. The first-order chi connectivity index (χ1) is 7.90. The fraction of sp³-hybridized carbons (Fsp3) is 0.571. The molecule has 0 radical (unpaired) electrons. The lowest BCUT2D eigenvalue weighted by Gasteiger charge is -2.35. The molecule has 0 amide bonds. The van der Waals surface area contributed by atoms with Crippen LogP contribution in [0.2, 0.25) is 0 Å². The average Bonchev–Trinajstić information content (AvgIpc) is 2.29. The summed E-state index contributed by atoms with van der Waals surface area (Å²) in [6, 6.07) is 6.14. The minimum absolute atomic E-state index is 0.202. The zero-order chi connectivity index (χ0) is 13.1. The summed E-state index contributed by atoms with van der Waals surface area (Å²) in [6.07, 6.45) is 1.12. The van der Waals surface area contributed by atoms with Crippen molar-refractivity contribution in [1.29, 1.82) is 0 Å². The van der Waals surface area contributed by atoms with E-state index in [2.05, 4.69) is 54.7 Å². The lowest BCUT2D eigenvalue weighted by Crippen LogP contribution is -2.39. The van der Waals surface area contributed by atoms with Crippen LogP contribution in [0.1, 0.15) is 32.8 Å². The Hall–Kier alpha value is -0.540. The van der Waals surface area contributed by atoms with Gasteiger partial charge >= 0.3 is 0 Å². The highest BCUT2D eigenvalue weighted by atomic mass is 79.9. The molecule has 96 valence electrons. The second-order valence-corrected chi connectivity index (χ2v) is 5.89. The molecule has 0 aliphatic heterocycles. The van der Waals surface area contributed by atoms with E-state index in [1.54, 1.807) is 7.11 Å². The molecule has 0 saturated carbocycles. The molecule has 0 bridgehead atoms. The van der Waals surface area contributed by atoms with Crippen molar-refractivity contribution in [3.05, 3.63) is 28.2 Å². The maximum absolute atomic E-state index is 5.40. The molecule has 0 fully saturated rings. The van der Waals surface area contributed by atoms with Gasteiger partial charge in [0.1, 0.15) is 5.75 Å². The number of hydrogen-bond acceptors (Lipinski definition) is 2. The number of hydrogen-bond donors (Lipinski definition) is 0. The third-order valence-electron chi connectivity index (χ3n) is 3.55. The van der Waals surface area contributed by atoms with E-state index in [1.165, 1.54) is 5.56 Å². The van der Waals surface area contributed by atoms with Crippen molar-refractivity contribution in [2.75, 3.05) is 14.2 Å². The van der Waals surface area contributed by atoms with Crippen molar-refractivity contribution in [3.8, 4) is 5.75 Å². The highest BCUT2D eigenvalue weighted by Gasteiger charge is 2.22. The van der Waals surface area contributed by atoms with Gasteiger partial charge in [0.05, 0.1) is 7.11 Å². The summed E-state index contributed by atoms with van der Waals surface area (Å²) < 4.78 is 6.49. The van der Waals surface area contributed by atoms with Gasteiger partial charge in [0.2, 0.25) is 0 Å². The zero-order valence-electron chi connectivity index (χ0n) is 11.4. The molecule has 3 heteroatoms. The molecule has 0 aliphatic rings. The molecular formula is C14H22BrNO. The zero-order valence-corrected chi connectivity index (χ0v) is 13.0. The Morgan fingerprint density at radius 1 is 1.35 bits per heavy atom. The van der Waals surface area contributed by atoms with Crippen LogP contribution in [0.15, 0.2) is 22.7 Å². The molecule has 0 atom stereocenters. The van der Waals surface area contributed by atoms with Crippen molar-refractivity contribution >= 4 is 15.9 Å². The Labute approximate surface area is 113 Å². The summed E-state index contributed by atoms with van der Waals surface area (Å²) in [7, 11) is 3.88. The number of rotatable bonds is 5. The quantitative estimate of drug-likeness (QED) is 0.812. The van der Waals surface area contributed by atoms with Crippen molar-refractivity contribution in [3.63, 3.8) is 0 Å². The molecule has 0 unspecified atom stereocenters. The van der Waals surface area contributed by atoms with Crippen LogP contribution in [0.3, 0.4) is 0 Å². The fourth-order valence-corrected chi connectivity index (χ4v) is 2.02. The molecule has 2 nitrogen and oxygen atoms in total. The van der Waals surface area contributed by atoms with Crippen LogP contribution in [0.4, 0.5) is 0 Å².